The van der Waals surface area contributed by atoms with Crippen LogP contribution >= 0.6 is 0 Å². The summed E-state index contributed by atoms with van der Waals surface area (Å²) in [5.74, 6) is 0.460. The average Bonchev–Trinajstić information content (AvgIpc) is 2.37. The summed E-state index contributed by atoms with van der Waals surface area (Å²) in [5, 5.41) is 0. The van der Waals surface area contributed by atoms with Crippen LogP contribution in [0.3, 0.4) is 0 Å². The number of halogens is 3. The Balaban J connectivity index is 2.46. The number of rotatable bonds is 2. The maximum Gasteiger partial charge on any atom is 0.416 e. The Bertz CT molecular complexity index is 576. The molecule has 0 fully saturated rings. The van der Waals surface area contributed by atoms with E-state index in [0.717, 1.165) is 12.1 Å². The summed E-state index contributed by atoms with van der Waals surface area (Å²) in [6, 6.07) is 10.0. The molecule has 2 nitrogen and oxygen atoms in total. The standard InChI is InChI=1S/C14H12F3NO/c1-19-13-11(3-2-4-12(13)18)9-5-7-10(8-6-9)14(15,16)17/h2-8H,18H2,1H3. The fourth-order valence-electron chi connectivity index (χ4n) is 1.85. The van der Waals surface area contributed by atoms with Crippen molar-refractivity contribution < 1.29 is 17.9 Å². The van der Waals surface area contributed by atoms with Crippen LogP contribution in [0, 0.1) is 0 Å². The molecule has 2 aromatic carbocycles. The second kappa shape index (κ2) is 4.84. The zero-order chi connectivity index (χ0) is 14.0. The lowest BCUT2D eigenvalue weighted by molar-refractivity contribution is -0.137. The highest BCUT2D eigenvalue weighted by atomic mass is 19.4. The third-order valence-corrected chi connectivity index (χ3v) is 2.77. The van der Waals surface area contributed by atoms with Crippen LogP contribution in [0.1, 0.15) is 5.56 Å². The molecule has 0 heterocycles. The Labute approximate surface area is 108 Å². The van der Waals surface area contributed by atoms with Crippen molar-refractivity contribution in [2.24, 2.45) is 0 Å². The second-order valence-electron chi connectivity index (χ2n) is 4.00. The van der Waals surface area contributed by atoms with Gasteiger partial charge in [0.1, 0.15) is 5.75 Å². The van der Waals surface area contributed by atoms with Crippen LogP contribution in [0.2, 0.25) is 0 Å². The van der Waals surface area contributed by atoms with Gasteiger partial charge in [-0.15, -0.1) is 0 Å². The molecule has 100 valence electrons. The fraction of sp³-hybridized carbons (Fsp3) is 0.143. The van der Waals surface area contributed by atoms with Crippen molar-refractivity contribution >= 4 is 5.69 Å². The normalized spacial score (nSPS) is 11.4. The zero-order valence-electron chi connectivity index (χ0n) is 10.2. The van der Waals surface area contributed by atoms with Gasteiger partial charge in [-0.25, -0.2) is 0 Å². The molecule has 0 unspecified atom stereocenters. The number of hydrogen-bond donors (Lipinski definition) is 1. The monoisotopic (exact) mass is 267 g/mol. The number of anilines is 1. The SMILES string of the molecule is COc1c(N)cccc1-c1ccc(C(F)(F)F)cc1. The third kappa shape index (κ3) is 2.65. The number of alkyl halides is 3. The molecule has 0 aromatic heterocycles. The van der Waals surface area contributed by atoms with E-state index in [4.69, 9.17) is 10.5 Å². The maximum atomic E-state index is 12.5. The first-order valence-corrected chi connectivity index (χ1v) is 5.53. The minimum atomic E-state index is -4.33. The lowest BCUT2D eigenvalue weighted by atomic mass is 10.0. The van der Waals surface area contributed by atoms with Gasteiger partial charge >= 0.3 is 6.18 Å². The van der Waals surface area contributed by atoms with E-state index in [1.54, 1.807) is 18.2 Å². The summed E-state index contributed by atoms with van der Waals surface area (Å²) in [6.45, 7) is 0. The molecule has 2 N–H and O–H groups in total. The third-order valence-electron chi connectivity index (χ3n) is 2.77. The lowest BCUT2D eigenvalue weighted by Gasteiger charge is -2.12. The molecule has 0 aliphatic heterocycles. The second-order valence-corrected chi connectivity index (χ2v) is 4.00. The van der Waals surface area contributed by atoms with Crippen molar-refractivity contribution in [2.75, 3.05) is 12.8 Å². The van der Waals surface area contributed by atoms with Crippen molar-refractivity contribution in [1.29, 1.82) is 0 Å². The average molecular weight is 267 g/mol. The largest absolute Gasteiger partial charge is 0.494 e. The van der Waals surface area contributed by atoms with Gasteiger partial charge in [0, 0.05) is 5.56 Å². The fourth-order valence-corrected chi connectivity index (χ4v) is 1.85. The molecule has 5 heteroatoms. The van der Waals surface area contributed by atoms with Gasteiger partial charge in [0.15, 0.2) is 0 Å². The predicted molar refractivity (Wildman–Crippen MR) is 67.8 cm³/mol. The minimum Gasteiger partial charge on any atom is -0.494 e. The van der Waals surface area contributed by atoms with Gasteiger partial charge in [-0.3, -0.25) is 0 Å². The summed E-state index contributed by atoms with van der Waals surface area (Å²) in [5.41, 5.74) is 6.81. The Kier molecular flexibility index (Phi) is 3.38. The van der Waals surface area contributed by atoms with Crippen molar-refractivity contribution in [3.8, 4) is 16.9 Å². The van der Waals surface area contributed by atoms with Crippen LogP contribution in [0.25, 0.3) is 11.1 Å². The highest BCUT2D eigenvalue weighted by molar-refractivity contribution is 5.77. The lowest BCUT2D eigenvalue weighted by Crippen LogP contribution is -2.04. The molecule has 0 atom stereocenters. The van der Waals surface area contributed by atoms with Crippen LogP contribution in [-0.4, -0.2) is 7.11 Å². The molecular formula is C14H12F3NO. The number of ether oxygens (including phenoxy) is 1. The van der Waals surface area contributed by atoms with Crippen molar-refractivity contribution in [1.82, 2.24) is 0 Å². The molecule has 0 radical (unpaired) electrons. The van der Waals surface area contributed by atoms with Crippen molar-refractivity contribution in [2.45, 2.75) is 6.18 Å². The van der Waals surface area contributed by atoms with Crippen molar-refractivity contribution in [3.05, 3.63) is 48.0 Å². The predicted octanol–water partition coefficient (Wildman–Crippen LogP) is 3.96. The Morgan fingerprint density at radius 1 is 1.00 bits per heavy atom. The molecule has 0 saturated carbocycles. The van der Waals surface area contributed by atoms with Gasteiger partial charge in [-0.05, 0) is 23.8 Å². The molecule has 2 rings (SSSR count). The van der Waals surface area contributed by atoms with Crippen LogP contribution in [0.15, 0.2) is 42.5 Å². The van der Waals surface area contributed by atoms with E-state index in [9.17, 15) is 13.2 Å². The number of hydrogen-bond acceptors (Lipinski definition) is 2. The van der Waals surface area contributed by atoms with Crippen LogP contribution in [-0.2, 0) is 6.18 Å². The van der Waals surface area contributed by atoms with E-state index in [1.165, 1.54) is 19.2 Å². The minimum absolute atomic E-state index is 0.444. The number of methoxy groups -OCH3 is 1. The first-order valence-electron chi connectivity index (χ1n) is 5.53. The van der Waals surface area contributed by atoms with Crippen LogP contribution in [0.5, 0.6) is 5.75 Å². The molecule has 0 bridgehead atoms. The summed E-state index contributed by atoms with van der Waals surface area (Å²) >= 11 is 0. The van der Waals surface area contributed by atoms with Crippen LogP contribution < -0.4 is 10.5 Å². The van der Waals surface area contributed by atoms with E-state index in [2.05, 4.69) is 0 Å². The van der Waals surface area contributed by atoms with Gasteiger partial charge in [0.25, 0.3) is 0 Å². The van der Waals surface area contributed by atoms with E-state index in [-0.39, 0.29) is 0 Å². The Hall–Kier alpha value is -2.17. The van der Waals surface area contributed by atoms with Gasteiger partial charge in [0.2, 0.25) is 0 Å². The van der Waals surface area contributed by atoms with Gasteiger partial charge in [-0.2, -0.15) is 13.2 Å². The van der Waals surface area contributed by atoms with E-state index in [0.29, 0.717) is 22.6 Å². The molecule has 2 aromatic rings. The zero-order valence-corrected chi connectivity index (χ0v) is 10.2. The summed E-state index contributed by atoms with van der Waals surface area (Å²) in [6.07, 6.45) is -4.33. The topological polar surface area (TPSA) is 35.2 Å². The summed E-state index contributed by atoms with van der Waals surface area (Å²) in [4.78, 5) is 0. The van der Waals surface area contributed by atoms with E-state index >= 15 is 0 Å². The molecule has 19 heavy (non-hydrogen) atoms. The highest BCUT2D eigenvalue weighted by Crippen LogP contribution is 2.36. The summed E-state index contributed by atoms with van der Waals surface area (Å²) in [7, 11) is 1.47. The molecule has 0 spiro atoms. The number of benzene rings is 2. The van der Waals surface area contributed by atoms with Gasteiger partial charge < -0.3 is 10.5 Å². The first-order chi connectivity index (χ1) is 8.93. The molecular weight excluding hydrogens is 255 g/mol. The summed E-state index contributed by atoms with van der Waals surface area (Å²) < 4.78 is 42.6. The Morgan fingerprint density at radius 2 is 1.63 bits per heavy atom. The van der Waals surface area contributed by atoms with E-state index < -0.39 is 11.7 Å². The number of para-hydroxylation sites is 1. The quantitative estimate of drug-likeness (QED) is 0.836. The van der Waals surface area contributed by atoms with Crippen LogP contribution in [0.4, 0.5) is 18.9 Å². The van der Waals surface area contributed by atoms with Gasteiger partial charge in [-0.1, -0.05) is 24.3 Å². The maximum absolute atomic E-state index is 12.5. The smallest absolute Gasteiger partial charge is 0.416 e. The first kappa shape index (κ1) is 13.3. The van der Waals surface area contributed by atoms with Gasteiger partial charge in [0.05, 0.1) is 18.4 Å². The highest BCUT2D eigenvalue weighted by Gasteiger charge is 2.30. The van der Waals surface area contributed by atoms with E-state index in [1.807, 2.05) is 0 Å². The molecule has 0 aliphatic carbocycles. The molecule has 0 amide bonds. The number of nitrogens with two attached hydrogens (primary N) is 1. The Morgan fingerprint density at radius 3 is 2.16 bits per heavy atom. The molecule has 0 saturated heterocycles. The van der Waals surface area contributed by atoms with Crippen molar-refractivity contribution in [3.63, 3.8) is 0 Å². The number of nitrogen functional groups attached to an aromatic ring is 1. The molecule has 0 aliphatic rings.